The van der Waals surface area contributed by atoms with Crippen LogP contribution in [-0.4, -0.2) is 74.2 Å². The van der Waals surface area contributed by atoms with Gasteiger partial charge >= 0.3 is 0 Å². The van der Waals surface area contributed by atoms with Gasteiger partial charge in [-0.3, -0.25) is 14.4 Å². The number of hydrogen-bond donors (Lipinski definition) is 4. The molecule has 1 unspecified atom stereocenters. The second kappa shape index (κ2) is 12.8. The number of rotatable bonds is 7. The Labute approximate surface area is 318 Å². The van der Waals surface area contributed by atoms with Crippen LogP contribution in [0.25, 0.3) is 0 Å². The van der Waals surface area contributed by atoms with Crippen molar-refractivity contribution in [2.45, 2.75) is 176 Å². The van der Waals surface area contributed by atoms with Gasteiger partial charge in [0.05, 0.1) is 17.7 Å². The maximum atomic E-state index is 14.7. The van der Waals surface area contributed by atoms with Crippen molar-refractivity contribution in [3.63, 3.8) is 0 Å². The molecule has 0 bridgehead atoms. The lowest BCUT2D eigenvalue weighted by Gasteiger charge is -2.70. The number of carbonyl (C=O) groups is 3. The molecule has 0 radical (unpaired) electrons. The monoisotopic (exact) mass is 742 g/mol. The minimum absolute atomic E-state index is 0.0132. The van der Waals surface area contributed by atoms with Crippen LogP contribution in [0.2, 0.25) is 0 Å². The summed E-state index contributed by atoms with van der Waals surface area (Å²) in [6.07, 6.45) is 13.0. The van der Waals surface area contributed by atoms with Crippen molar-refractivity contribution >= 4 is 29.4 Å². The fraction of sp³-hybridized carbons (Fsp3) is 0.884. The molecule has 52 heavy (non-hydrogen) atoms. The number of hydroxylamine groups is 2. The average Bonchev–Trinajstić information content (AvgIpc) is 3.20. The van der Waals surface area contributed by atoms with E-state index in [2.05, 4.69) is 65.2 Å². The van der Waals surface area contributed by atoms with Crippen LogP contribution in [-0.2, 0) is 14.4 Å². The maximum Gasteiger partial charge on any atom is 0.242 e. The molecule has 0 aromatic heterocycles. The Kier molecular flexibility index (Phi) is 9.91. The molecule has 2 amide bonds. The summed E-state index contributed by atoms with van der Waals surface area (Å²) in [5.41, 5.74) is -1.24. The van der Waals surface area contributed by atoms with Gasteiger partial charge in [0.1, 0.15) is 6.04 Å². The number of carbonyl (C=O) groups excluding carboxylic acids is 3. The highest BCUT2D eigenvalue weighted by Crippen LogP contribution is 2.75. The predicted octanol–water partition coefficient (Wildman–Crippen LogP) is 7.70. The van der Waals surface area contributed by atoms with Gasteiger partial charge in [-0.1, -0.05) is 54.0 Å². The molecule has 0 aromatic carbocycles. The summed E-state index contributed by atoms with van der Waals surface area (Å²) >= 11 is 1.66. The van der Waals surface area contributed by atoms with E-state index in [0.717, 1.165) is 57.1 Å². The number of hydrogen-bond acceptors (Lipinski definition) is 7. The molecule has 1 heterocycles. The fourth-order valence-corrected chi connectivity index (χ4v) is 13.9. The molecule has 1 aliphatic heterocycles. The number of nitrogens with zero attached hydrogens (tertiary/aromatic N) is 1. The van der Waals surface area contributed by atoms with Crippen molar-refractivity contribution in [2.24, 2.45) is 50.2 Å². The molecule has 8 nitrogen and oxygen atoms in total. The number of fused-ring (bicyclic) bond motifs is 7. The first-order chi connectivity index (χ1) is 23.8. The highest BCUT2D eigenvalue weighted by Gasteiger charge is 2.70. The van der Waals surface area contributed by atoms with Gasteiger partial charge in [-0.05, 0) is 155 Å². The Morgan fingerprint density at radius 2 is 1.58 bits per heavy atom. The first-order valence-electron chi connectivity index (χ1n) is 20.4. The van der Waals surface area contributed by atoms with Gasteiger partial charge in [-0.25, -0.2) is 0 Å². The zero-order chi connectivity index (χ0) is 38.7. The average molecular weight is 742 g/mol. The molecule has 0 aromatic rings. The third-order valence-electron chi connectivity index (χ3n) is 17.3. The number of ketones is 1. The number of amides is 2. The SMILES string of the molecule is CSCC[C@H](NC(=O)[C@@]1(C)CC[C@]2(C)CC[C@]3(C)C(=CC(=O)[C@@H]4[C@@]5(C)CC[C@H](O)C(C)(C)[C@@H]5CC[C@]43C)[C@@H]2C1)C(=O)NC1CC(C)(C)N(O)C1(C)C. The molecule has 5 aliphatic carbocycles. The molecule has 294 valence electrons. The smallest absolute Gasteiger partial charge is 0.242 e. The summed E-state index contributed by atoms with van der Waals surface area (Å²) in [6, 6.07) is -0.930. The Bertz CT molecular complexity index is 1510. The highest BCUT2D eigenvalue weighted by atomic mass is 32.2. The van der Waals surface area contributed by atoms with Gasteiger partial charge in [0.25, 0.3) is 0 Å². The first kappa shape index (κ1) is 40.2. The molecule has 5 fully saturated rings. The van der Waals surface area contributed by atoms with E-state index in [1.165, 1.54) is 10.6 Å². The van der Waals surface area contributed by atoms with Crippen LogP contribution in [0.15, 0.2) is 11.6 Å². The molecule has 6 rings (SSSR count). The van der Waals surface area contributed by atoms with Gasteiger partial charge in [0.15, 0.2) is 5.78 Å². The van der Waals surface area contributed by atoms with Crippen molar-refractivity contribution in [2.75, 3.05) is 12.0 Å². The quantitative estimate of drug-likeness (QED) is 0.211. The van der Waals surface area contributed by atoms with Gasteiger partial charge in [-0.15, -0.1) is 0 Å². The molecule has 4 N–H and O–H groups in total. The maximum absolute atomic E-state index is 14.7. The lowest BCUT2D eigenvalue weighted by Crippen LogP contribution is -2.66. The van der Waals surface area contributed by atoms with Gasteiger partial charge < -0.3 is 20.9 Å². The molecule has 4 saturated carbocycles. The van der Waals surface area contributed by atoms with Crippen LogP contribution in [0.3, 0.4) is 0 Å². The Morgan fingerprint density at radius 1 is 0.923 bits per heavy atom. The number of aliphatic hydroxyl groups excluding tert-OH is 1. The number of thioether (sulfide) groups is 1. The third-order valence-corrected chi connectivity index (χ3v) is 18.0. The van der Waals surface area contributed by atoms with Crippen LogP contribution in [0.1, 0.15) is 147 Å². The summed E-state index contributed by atoms with van der Waals surface area (Å²) in [6.45, 7) is 24.0. The summed E-state index contributed by atoms with van der Waals surface area (Å²) in [5, 5.41) is 29.8. The summed E-state index contributed by atoms with van der Waals surface area (Å²) in [7, 11) is 0. The molecular weight excluding hydrogens is 671 g/mol. The Morgan fingerprint density at radius 3 is 2.19 bits per heavy atom. The third kappa shape index (κ3) is 5.81. The topological polar surface area (TPSA) is 119 Å². The Hall–Kier alpha value is -1.42. The van der Waals surface area contributed by atoms with E-state index in [0.29, 0.717) is 25.2 Å². The number of aliphatic hydroxyl groups is 1. The summed E-state index contributed by atoms with van der Waals surface area (Å²) < 4.78 is 0. The van der Waals surface area contributed by atoms with Crippen molar-refractivity contribution in [3.8, 4) is 0 Å². The van der Waals surface area contributed by atoms with E-state index in [4.69, 9.17) is 0 Å². The lowest BCUT2D eigenvalue weighted by molar-refractivity contribution is -0.202. The van der Waals surface area contributed by atoms with Gasteiger partial charge in [0, 0.05) is 16.9 Å². The minimum atomic E-state index is -0.675. The van der Waals surface area contributed by atoms with Crippen molar-refractivity contribution in [1.82, 2.24) is 15.7 Å². The minimum Gasteiger partial charge on any atom is -0.393 e. The van der Waals surface area contributed by atoms with Crippen LogP contribution in [0.5, 0.6) is 0 Å². The van der Waals surface area contributed by atoms with Crippen LogP contribution in [0, 0.1) is 50.2 Å². The molecule has 6 aliphatic rings. The van der Waals surface area contributed by atoms with E-state index in [1.54, 1.807) is 11.8 Å². The molecular formula is C43H71N3O5S. The van der Waals surface area contributed by atoms with Crippen LogP contribution in [0.4, 0.5) is 0 Å². The second-order valence-corrected chi connectivity index (χ2v) is 22.5. The molecule has 11 atom stereocenters. The van der Waals surface area contributed by atoms with Crippen LogP contribution < -0.4 is 10.6 Å². The number of nitrogens with one attached hydrogen (secondary N) is 2. The van der Waals surface area contributed by atoms with E-state index in [1.807, 2.05) is 34.0 Å². The summed E-state index contributed by atoms with van der Waals surface area (Å²) in [5.74, 6) is 1.08. The van der Waals surface area contributed by atoms with Gasteiger partial charge in [-0.2, -0.15) is 16.8 Å². The standard InChI is InChI=1S/C43H71N3O5S/c1-36(2)25-31(38(5,6)46(36)51)45-34(49)28(15-22-52-12)44-35(50)40(8)19-18-39(7)20-21-42(10)26(27(39)24-40)23-29(47)33-41(9)16-14-32(48)37(3,4)30(41)13-17-43(33,42)11/h23,27-28,30-33,48,51H,13-22,24-25H2,1-12H3,(H,44,50)(H,45,49)/t27-,28-,30-,31?,32-,33+,39+,40-,41-,42+,43+/m0/s1. The van der Waals surface area contributed by atoms with E-state index < -0.39 is 22.5 Å². The predicted molar refractivity (Wildman–Crippen MR) is 209 cm³/mol. The molecule has 1 saturated heterocycles. The lowest BCUT2D eigenvalue weighted by atomic mass is 9.33. The van der Waals surface area contributed by atoms with Crippen molar-refractivity contribution < 1.29 is 24.7 Å². The van der Waals surface area contributed by atoms with E-state index in [-0.39, 0.29) is 68.7 Å². The van der Waals surface area contributed by atoms with E-state index in [9.17, 15) is 24.7 Å². The van der Waals surface area contributed by atoms with E-state index >= 15 is 0 Å². The van der Waals surface area contributed by atoms with Crippen LogP contribution >= 0.6 is 11.8 Å². The Balaban J connectivity index is 1.26. The van der Waals surface area contributed by atoms with Crippen molar-refractivity contribution in [1.29, 1.82) is 0 Å². The van der Waals surface area contributed by atoms with Gasteiger partial charge in [0.2, 0.25) is 11.8 Å². The van der Waals surface area contributed by atoms with Crippen molar-refractivity contribution in [3.05, 3.63) is 11.6 Å². The molecule has 9 heteroatoms. The fourth-order valence-electron chi connectivity index (χ4n) is 13.5. The highest BCUT2D eigenvalue weighted by molar-refractivity contribution is 7.98. The zero-order valence-electron chi connectivity index (χ0n) is 34.5. The second-order valence-electron chi connectivity index (χ2n) is 21.5. The molecule has 0 spiro atoms. The summed E-state index contributed by atoms with van der Waals surface area (Å²) in [4.78, 5) is 43.2. The number of allylic oxidation sites excluding steroid dienone is 2. The normalized spacial score (nSPS) is 45.4. The largest absolute Gasteiger partial charge is 0.393 e. The first-order valence-corrected chi connectivity index (χ1v) is 21.8. The zero-order valence-corrected chi connectivity index (χ0v) is 35.3.